The third kappa shape index (κ3) is 7.33. The minimum Gasteiger partial charge on any atom is -0.461 e. The average molecular weight is 725 g/mol. The molecule has 4 aliphatic rings. The molecule has 52 heavy (non-hydrogen) atoms. The van der Waals surface area contributed by atoms with Gasteiger partial charge in [-0.3, -0.25) is 19.2 Å². The molecule has 3 saturated carbocycles. The summed E-state index contributed by atoms with van der Waals surface area (Å²) in [7, 11) is 0. The number of fused-ring (bicyclic) bond motifs is 5. The SMILES string of the molecule is C=C(C)[C@H](OC(=O)C(C)(C)C)[C@H](C[C@@H](C)C1=C2C[C@H](OC(=O)C(C)(C)C)[C@H]3[C@@]4(C)CCC(=O)C(C)(C)[C@@H]4CC[C@]3(C)[C@@]2(C)CC1)OC(=O)C(C)(C)C. The third-order valence-corrected chi connectivity index (χ3v) is 14.2. The lowest BCUT2D eigenvalue weighted by Crippen LogP contribution is -2.66. The van der Waals surface area contributed by atoms with Crippen LogP contribution in [0.2, 0.25) is 0 Å². The first kappa shape index (κ1) is 42.3. The molecule has 0 radical (unpaired) electrons. The molecule has 9 atom stereocenters. The smallest absolute Gasteiger partial charge is 0.311 e. The number of ether oxygens (including phenoxy) is 3. The molecule has 7 heteroatoms. The summed E-state index contributed by atoms with van der Waals surface area (Å²) >= 11 is 0. The highest BCUT2D eigenvalue weighted by Crippen LogP contribution is 2.74. The van der Waals surface area contributed by atoms with E-state index >= 15 is 0 Å². The number of hydrogen-bond acceptors (Lipinski definition) is 7. The lowest BCUT2D eigenvalue weighted by molar-refractivity contribution is -0.221. The van der Waals surface area contributed by atoms with Crippen molar-refractivity contribution in [1.82, 2.24) is 0 Å². The highest BCUT2D eigenvalue weighted by Gasteiger charge is 2.70. The van der Waals surface area contributed by atoms with Crippen LogP contribution >= 0.6 is 0 Å². The first-order valence-corrected chi connectivity index (χ1v) is 20.0. The topological polar surface area (TPSA) is 96.0 Å². The second-order valence-corrected chi connectivity index (χ2v) is 21.6. The van der Waals surface area contributed by atoms with Gasteiger partial charge in [0.2, 0.25) is 0 Å². The van der Waals surface area contributed by atoms with Crippen molar-refractivity contribution in [3.63, 3.8) is 0 Å². The Morgan fingerprint density at radius 3 is 1.87 bits per heavy atom. The number of hydrogen-bond donors (Lipinski definition) is 0. The van der Waals surface area contributed by atoms with Crippen molar-refractivity contribution in [2.75, 3.05) is 0 Å². The fraction of sp³-hybridized carbons (Fsp3) is 0.822. The molecule has 0 spiro atoms. The predicted octanol–water partition coefficient (Wildman–Crippen LogP) is 10.4. The molecule has 0 aliphatic heterocycles. The van der Waals surface area contributed by atoms with Crippen molar-refractivity contribution >= 4 is 23.7 Å². The Bertz CT molecular complexity index is 1490. The van der Waals surface area contributed by atoms with E-state index in [0.29, 0.717) is 30.6 Å². The molecular weight excluding hydrogens is 652 g/mol. The third-order valence-electron chi connectivity index (χ3n) is 14.2. The first-order valence-electron chi connectivity index (χ1n) is 20.0. The van der Waals surface area contributed by atoms with Crippen LogP contribution in [0.15, 0.2) is 23.3 Å². The van der Waals surface area contributed by atoms with Gasteiger partial charge in [-0.2, -0.15) is 0 Å². The Morgan fingerprint density at radius 1 is 0.808 bits per heavy atom. The summed E-state index contributed by atoms with van der Waals surface area (Å²) in [5, 5.41) is 0. The van der Waals surface area contributed by atoms with Crippen LogP contribution in [0.5, 0.6) is 0 Å². The van der Waals surface area contributed by atoms with Crippen molar-refractivity contribution in [2.45, 2.75) is 180 Å². The van der Waals surface area contributed by atoms with Crippen molar-refractivity contribution in [3.05, 3.63) is 23.3 Å². The quantitative estimate of drug-likeness (QED) is 0.140. The maximum atomic E-state index is 13.8. The number of carbonyl (C=O) groups excluding carboxylic acids is 4. The fourth-order valence-corrected chi connectivity index (χ4v) is 10.9. The molecule has 0 aromatic rings. The van der Waals surface area contributed by atoms with E-state index in [0.717, 1.165) is 32.1 Å². The lowest BCUT2D eigenvalue weighted by atomic mass is 9.36. The van der Waals surface area contributed by atoms with E-state index in [2.05, 4.69) is 48.1 Å². The molecule has 294 valence electrons. The average Bonchev–Trinajstić information content (AvgIpc) is 3.33. The largest absolute Gasteiger partial charge is 0.461 e. The summed E-state index contributed by atoms with van der Waals surface area (Å²) in [6, 6.07) is 0. The van der Waals surface area contributed by atoms with Gasteiger partial charge >= 0.3 is 17.9 Å². The molecule has 0 unspecified atom stereocenters. The van der Waals surface area contributed by atoms with Gasteiger partial charge < -0.3 is 14.2 Å². The predicted molar refractivity (Wildman–Crippen MR) is 206 cm³/mol. The van der Waals surface area contributed by atoms with Gasteiger partial charge in [0.05, 0.1) is 16.2 Å². The standard InChI is InChI=1S/C45H72O7/c1-26(2)34(52-38(49)41(10,11)12)30(50-36(47)39(4,5)6)24-27(3)28-18-22-44(16)29(28)25-31(51-37(48)40(7,8)9)35-43(15)21-20-33(46)42(13,14)32(43)19-23-45(35,44)17/h27,30-32,34-35H,1,18-25H2,2-17H3/t27-,30+,31+,32+,34+,35+,43+,44+,45+/m1/s1. The van der Waals surface area contributed by atoms with Crippen LogP contribution in [0.1, 0.15) is 162 Å². The van der Waals surface area contributed by atoms with E-state index in [1.165, 1.54) is 11.1 Å². The highest BCUT2D eigenvalue weighted by atomic mass is 16.6. The van der Waals surface area contributed by atoms with E-state index in [1.807, 2.05) is 69.2 Å². The molecule has 0 bridgehead atoms. The molecule has 4 aliphatic carbocycles. The van der Waals surface area contributed by atoms with Crippen LogP contribution in [0.4, 0.5) is 0 Å². The molecule has 0 aromatic carbocycles. The van der Waals surface area contributed by atoms with Crippen molar-refractivity contribution in [1.29, 1.82) is 0 Å². The van der Waals surface area contributed by atoms with Crippen molar-refractivity contribution in [2.24, 2.45) is 55.7 Å². The van der Waals surface area contributed by atoms with Gasteiger partial charge in [0, 0.05) is 24.2 Å². The Kier molecular flexibility index (Phi) is 11.1. The fourth-order valence-electron chi connectivity index (χ4n) is 10.9. The maximum Gasteiger partial charge on any atom is 0.311 e. The van der Waals surface area contributed by atoms with Crippen LogP contribution in [0.3, 0.4) is 0 Å². The van der Waals surface area contributed by atoms with Gasteiger partial charge in [-0.15, -0.1) is 0 Å². The summed E-state index contributed by atoms with van der Waals surface area (Å²) < 4.78 is 19.1. The Hall–Kier alpha value is -2.44. The molecule has 0 amide bonds. The number of Topliss-reactive ketones (excluding diaryl/α,β-unsaturated/α-hetero) is 1. The van der Waals surface area contributed by atoms with E-state index in [-0.39, 0.29) is 58.0 Å². The molecule has 0 heterocycles. The summed E-state index contributed by atoms with van der Waals surface area (Å²) in [5.41, 5.74) is 0.341. The molecule has 7 nitrogen and oxygen atoms in total. The van der Waals surface area contributed by atoms with Crippen molar-refractivity contribution < 1.29 is 33.4 Å². The zero-order chi connectivity index (χ0) is 39.8. The van der Waals surface area contributed by atoms with Crippen LogP contribution in [0, 0.1) is 55.7 Å². The highest BCUT2D eigenvalue weighted by molar-refractivity contribution is 5.85. The molecule has 3 fully saturated rings. The summed E-state index contributed by atoms with van der Waals surface area (Å²) in [5.74, 6) is -0.230. The monoisotopic (exact) mass is 725 g/mol. The van der Waals surface area contributed by atoms with E-state index < -0.39 is 33.9 Å². The number of esters is 3. The van der Waals surface area contributed by atoms with Crippen LogP contribution in [-0.4, -0.2) is 42.0 Å². The maximum absolute atomic E-state index is 13.8. The number of allylic oxidation sites excluding steroid dienone is 1. The zero-order valence-corrected chi connectivity index (χ0v) is 35.7. The van der Waals surface area contributed by atoms with Crippen molar-refractivity contribution in [3.8, 4) is 0 Å². The summed E-state index contributed by atoms with van der Waals surface area (Å²) in [4.78, 5) is 53.8. The summed E-state index contributed by atoms with van der Waals surface area (Å²) in [6.45, 7) is 36.5. The van der Waals surface area contributed by atoms with Crippen LogP contribution in [0.25, 0.3) is 0 Å². The zero-order valence-electron chi connectivity index (χ0n) is 35.7. The first-order chi connectivity index (χ1) is 23.4. The van der Waals surface area contributed by atoms with E-state index in [1.54, 1.807) is 0 Å². The minimum atomic E-state index is -0.791. The van der Waals surface area contributed by atoms with E-state index in [4.69, 9.17) is 14.2 Å². The second kappa shape index (κ2) is 13.7. The normalized spacial score (nSPS) is 33.5. The van der Waals surface area contributed by atoms with Gasteiger partial charge in [-0.25, -0.2) is 0 Å². The Labute approximate surface area is 315 Å². The van der Waals surface area contributed by atoms with Gasteiger partial charge in [-0.05, 0) is 141 Å². The Morgan fingerprint density at radius 2 is 1.35 bits per heavy atom. The van der Waals surface area contributed by atoms with Gasteiger partial charge in [0.1, 0.15) is 18.0 Å². The van der Waals surface area contributed by atoms with Gasteiger partial charge in [-0.1, -0.05) is 59.3 Å². The number of rotatable bonds is 8. The van der Waals surface area contributed by atoms with E-state index in [9.17, 15) is 19.2 Å². The van der Waals surface area contributed by atoms with Crippen LogP contribution in [-0.2, 0) is 33.4 Å². The Balaban J connectivity index is 1.81. The van der Waals surface area contributed by atoms with Gasteiger partial charge in [0.15, 0.2) is 6.10 Å². The van der Waals surface area contributed by atoms with Crippen LogP contribution < -0.4 is 0 Å². The van der Waals surface area contributed by atoms with Gasteiger partial charge in [0.25, 0.3) is 0 Å². The number of ketones is 1. The minimum absolute atomic E-state index is 0.00191. The molecule has 0 saturated heterocycles. The second-order valence-electron chi connectivity index (χ2n) is 21.6. The lowest BCUT2D eigenvalue weighted by Gasteiger charge is -2.69. The molecular formula is C45H72O7. The molecule has 0 aromatic heterocycles. The molecule has 0 N–H and O–H groups in total. The number of carbonyl (C=O) groups is 4. The summed E-state index contributed by atoms with van der Waals surface area (Å²) in [6.07, 6.45) is 4.51. The molecule has 4 rings (SSSR count).